The Morgan fingerprint density at radius 2 is 0.632 bits per heavy atom. The molecule has 7 nitrogen and oxygen atoms in total. The van der Waals surface area contributed by atoms with Crippen molar-refractivity contribution in [3.8, 4) is 39.9 Å². The van der Waals surface area contributed by atoms with Gasteiger partial charge in [-0.1, -0.05) is 258 Å². The molecule has 0 saturated carbocycles. The summed E-state index contributed by atoms with van der Waals surface area (Å²) in [6.07, 6.45) is 0. The van der Waals surface area contributed by atoms with E-state index < -0.39 is 0 Å². The zero-order chi connectivity index (χ0) is 81.2. The number of nitrogens with zero attached hydrogens (tertiary/aromatic N) is 7. The summed E-state index contributed by atoms with van der Waals surface area (Å²) in [7, 11) is 0. The summed E-state index contributed by atoms with van der Waals surface area (Å²) in [5, 5.41) is 20.0. The molecule has 18 aromatic rings. The molecule has 576 valence electrons. The van der Waals surface area contributed by atoms with E-state index in [9.17, 15) is 5.26 Å². The minimum absolute atomic E-state index is 0.0644. The highest BCUT2D eigenvalue weighted by molar-refractivity contribution is 6.20. The number of benzene rings is 14. The van der Waals surface area contributed by atoms with Gasteiger partial charge < -0.3 is 28.1 Å². The Hall–Kier alpha value is -12.6. The van der Waals surface area contributed by atoms with Crippen LogP contribution in [0.2, 0.25) is 0 Å². The molecule has 20 rings (SSSR count). The Bertz CT molecular complexity index is 7120. The maximum absolute atomic E-state index is 10.5. The third-order valence-corrected chi connectivity index (χ3v) is 25.7. The fourth-order valence-corrected chi connectivity index (χ4v) is 19.3. The van der Waals surface area contributed by atoms with Crippen molar-refractivity contribution in [2.45, 2.75) is 163 Å². The Kier molecular flexibility index (Phi) is 16.1. The molecule has 6 heterocycles. The van der Waals surface area contributed by atoms with Crippen molar-refractivity contribution in [1.29, 1.82) is 5.26 Å². The van der Waals surface area contributed by atoms with Crippen LogP contribution >= 0.6 is 0 Å². The van der Waals surface area contributed by atoms with Crippen molar-refractivity contribution in [1.82, 2.24) is 18.3 Å². The van der Waals surface area contributed by atoms with Crippen molar-refractivity contribution in [2.75, 3.05) is 9.80 Å². The van der Waals surface area contributed by atoms with Gasteiger partial charge in [0.15, 0.2) is 0 Å². The molecule has 0 fully saturated rings. The second-order valence-corrected chi connectivity index (χ2v) is 39.4. The predicted molar refractivity (Wildman–Crippen MR) is 496 cm³/mol. The molecule has 2 aliphatic heterocycles. The Labute approximate surface area is 687 Å². The number of nitriles is 1. The second-order valence-electron chi connectivity index (χ2n) is 39.4. The highest BCUT2D eigenvalue weighted by Gasteiger charge is 2.44. The number of hydrogen-bond donors (Lipinski definition) is 0. The lowest BCUT2D eigenvalue weighted by Crippen LogP contribution is -2.31. The molecule has 0 radical (unpaired) electrons. The first kappa shape index (κ1) is 73.3. The van der Waals surface area contributed by atoms with Crippen LogP contribution in [0.25, 0.3) is 121 Å². The third kappa shape index (κ3) is 11.5. The van der Waals surface area contributed by atoms with E-state index in [1.807, 2.05) is 6.07 Å². The predicted octanol–water partition coefficient (Wildman–Crippen LogP) is 30.1. The van der Waals surface area contributed by atoms with Gasteiger partial charge in [-0.3, -0.25) is 0 Å². The van der Waals surface area contributed by atoms with Crippen LogP contribution in [0, 0.1) is 11.3 Å². The summed E-state index contributed by atoms with van der Waals surface area (Å²) in [4.78, 5) is 5.36. The van der Waals surface area contributed by atoms with Gasteiger partial charge in [-0.15, -0.1) is 0 Å². The van der Waals surface area contributed by atoms with Crippen LogP contribution in [0.4, 0.5) is 34.1 Å². The van der Waals surface area contributed by atoms with Gasteiger partial charge in [0.2, 0.25) is 0 Å². The Balaban J connectivity index is 0.931. The summed E-state index contributed by atoms with van der Waals surface area (Å²) in [5.74, 6) is -0.268. The molecule has 1 unspecified atom stereocenters. The second kappa shape index (κ2) is 25.7. The van der Waals surface area contributed by atoms with Crippen molar-refractivity contribution in [3.63, 3.8) is 0 Å². The molecular formula is C110H101N7. The lowest BCUT2D eigenvalue weighted by Gasteiger charge is -2.46. The lowest BCUT2D eigenvalue weighted by atomic mass is 9.73. The van der Waals surface area contributed by atoms with Crippen LogP contribution in [-0.4, -0.2) is 18.3 Å². The molecule has 0 bridgehead atoms. The highest BCUT2D eigenvalue weighted by Crippen LogP contribution is 2.64. The fraction of sp³-hybridized carbons (Fsp3) is 0.227. The first-order valence-electron chi connectivity index (χ1n) is 41.8. The van der Waals surface area contributed by atoms with Crippen molar-refractivity contribution < 1.29 is 0 Å². The van der Waals surface area contributed by atoms with Gasteiger partial charge in [-0.25, -0.2) is 0 Å². The third-order valence-electron chi connectivity index (χ3n) is 25.7. The average Bonchev–Trinajstić information content (AvgIpc) is 1.17. The smallest absolute Gasteiger partial charge is 0.0991 e. The number of aromatic nitrogens is 4. The van der Waals surface area contributed by atoms with Crippen LogP contribution in [0.5, 0.6) is 0 Å². The molecule has 117 heavy (non-hydrogen) atoms. The van der Waals surface area contributed by atoms with Gasteiger partial charge in [0, 0.05) is 77.2 Å². The van der Waals surface area contributed by atoms with E-state index in [1.54, 1.807) is 0 Å². The Morgan fingerprint density at radius 1 is 0.248 bits per heavy atom. The zero-order valence-corrected chi connectivity index (χ0v) is 70.8. The lowest BCUT2D eigenvalue weighted by molar-refractivity contribution is 0.589. The molecular weight excluding hydrogens is 1420 g/mol. The van der Waals surface area contributed by atoms with Gasteiger partial charge >= 0.3 is 0 Å². The van der Waals surface area contributed by atoms with Crippen molar-refractivity contribution in [3.05, 3.63) is 335 Å². The maximum atomic E-state index is 10.5. The van der Waals surface area contributed by atoms with E-state index in [4.69, 9.17) is 0 Å². The van der Waals surface area contributed by atoms with Crippen molar-refractivity contribution in [2.24, 2.45) is 0 Å². The molecule has 4 aromatic heterocycles. The van der Waals surface area contributed by atoms with Gasteiger partial charge in [0.1, 0.15) is 0 Å². The zero-order valence-electron chi connectivity index (χ0n) is 70.8. The molecule has 14 aromatic carbocycles. The molecule has 0 spiro atoms. The largest absolute Gasteiger partial charge is 0.309 e. The van der Waals surface area contributed by atoms with Crippen LogP contribution in [0.3, 0.4) is 0 Å². The molecule has 7 heteroatoms. The molecule has 0 N–H and O–H groups in total. The quantitative estimate of drug-likeness (QED) is 0.160. The first-order valence-corrected chi connectivity index (χ1v) is 41.8. The molecule has 1 atom stereocenters. The number of para-hydroxylation sites is 4. The van der Waals surface area contributed by atoms with E-state index in [0.29, 0.717) is 5.56 Å². The topological polar surface area (TPSA) is 50.0 Å². The SMILES string of the molecule is CC(C)(C)c1ccc(N2c3cc(-n4c5ccc(C(C)(C)C)cc5c5cc(C(C)(C)C)ccc54)ccc3C3c4ccc(-n5c6ccccc6c6cc(C#N)ccc65)cc4N(c4cccc5c6cccc(-n7c8ccc(C(C)(C)C)cc8c8cc(C(C)(C)C)ccc87)c6n(-c6ccccc6)c45)c4cc(C(C)(C)C)cc2c43)c(-c2ccccc2)c1. The first-order chi connectivity index (χ1) is 55.8. The summed E-state index contributed by atoms with van der Waals surface area (Å²) in [6, 6.07) is 110. The normalized spacial score (nSPS) is 14.1. The summed E-state index contributed by atoms with van der Waals surface area (Å²) < 4.78 is 10.1. The minimum atomic E-state index is -0.351. The highest BCUT2D eigenvalue weighted by atomic mass is 15.2. The number of hydrogen-bond acceptors (Lipinski definition) is 3. The fourth-order valence-electron chi connectivity index (χ4n) is 19.3. The van der Waals surface area contributed by atoms with E-state index >= 15 is 0 Å². The van der Waals surface area contributed by atoms with Crippen molar-refractivity contribution >= 4 is 121 Å². The molecule has 2 aliphatic rings. The average molecular weight is 1520 g/mol. The summed E-state index contributed by atoms with van der Waals surface area (Å²) >= 11 is 0. The van der Waals surface area contributed by atoms with E-state index in [-0.39, 0.29) is 38.4 Å². The molecule has 0 amide bonds. The van der Waals surface area contributed by atoms with Gasteiger partial charge in [0.05, 0.1) is 95.6 Å². The summed E-state index contributed by atoms with van der Waals surface area (Å²) in [6.45, 7) is 42.1. The van der Waals surface area contributed by atoms with Gasteiger partial charge in [-0.05, 0) is 228 Å². The molecule has 0 aliphatic carbocycles. The van der Waals surface area contributed by atoms with Crippen LogP contribution < -0.4 is 9.80 Å². The van der Waals surface area contributed by atoms with Crippen LogP contribution in [0.15, 0.2) is 279 Å². The number of anilines is 6. The monoisotopic (exact) mass is 1520 g/mol. The number of rotatable bonds is 7. The van der Waals surface area contributed by atoms with Gasteiger partial charge in [0.25, 0.3) is 0 Å². The maximum Gasteiger partial charge on any atom is 0.0991 e. The van der Waals surface area contributed by atoms with E-state index in [0.717, 1.165) is 106 Å². The standard InChI is InChI=1S/C110H101N7/c1-105(2,3)68-40-50-89(82(56-68)67-29-21-19-22-30-67)116-97-63-76(113-91-51-41-69(106(4,5)6)57-84(91)85-58-70(107(7,8)9)42-52-92(85)113)46-47-80(97)101-81-48-45-75(112-88-36-26-25-33-77(88)83-55-66(65-111)39-49-90(83)112)64-98(81)117(100-62-73(110(16,17)18)61-99(116)102(100)101)96-38-28-35-79-78-34-27-37-95(103(78)114(104(79)96)74-31-23-20-24-32-74)115-93-53-43-71(108(10,11)12)59-86(93)87-60-72(109(13,14)15)44-54-94(87)115/h19-64,101H,1-18H3. The Morgan fingerprint density at radius 3 is 1.11 bits per heavy atom. The minimum Gasteiger partial charge on any atom is -0.309 e. The van der Waals surface area contributed by atoms with E-state index in [1.165, 1.54) is 99.2 Å². The molecule has 0 saturated heterocycles. The van der Waals surface area contributed by atoms with Gasteiger partial charge in [-0.2, -0.15) is 5.26 Å². The van der Waals surface area contributed by atoms with E-state index in [2.05, 4.69) is 432 Å². The number of fused-ring (bicyclic) bond motifs is 16. The summed E-state index contributed by atoms with van der Waals surface area (Å²) in [5.41, 5.74) is 33.5. The van der Waals surface area contributed by atoms with Crippen LogP contribution in [0.1, 0.15) is 186 Å². The van der Waals surface area contributed by atoms with Crippen LogP contribution in [-0.2, 0) is 32.5 Å².